The minimum Gasteiger partial charge on any atom is -0.398 e. The molecule has 0 unspecified atom stereocenters. The SMILES string of the molecule is Cc1cc(Cl)c(S(=O)(=O)NC2CCCCCC2)cc1N. The van der Waals surface area contributed by atoms with E-state index in [-0.39, 0.29) is 16.0 Å². The first-order chi connectivity index (χ1) is 9.40. The Labute approximate surface area is 125 Å². The van der Waals surface area contributed by atoms with Gasteiger partial charge >= 0.3 is 0 Å². The van der Waals surface area contributed by atoms with Crippen molar-refractivity contribution in [3.8, 4) is 0 Å². The number of nitrogen functional groups attached to an aromatic ring is 1. The zero-order valence-electron chi connectivity index (χ0n) is 11.7. The fraction of sp³-hybridized carbons (Fsp3) is 0.571. The van der Waals surface area contributed by atoms with Gasteiger partial charge in [-0.3, -0.25) is 0 Å². The van der Waals surface area contributed by atoms with E-state index in [1.54, 1.807) is 13.0 Å². The van der Waals surface area contributed by atoms with Crippen molar-refractivity contribution in [2.75, 3.05) is 5.73 Å². The number of nitrogens with one attached hydrogen (secondary N) is 1. The van der Waals surface area contributed by atoms with Crippen LogP contribution in [-0.4, -0.2) is 14.5 Å². The number of halogens is 1. The third-order valence-corrected chi connectivity index (χ3v) is 5.77. The number of hydrogen-bond donors (Lipinski definition) is 2. The van der Waals surface area contributed by atoms with E-state index in [9.17, 15) is 8.42 Å². The Balaban J connectivity index is 2.23. The highest BCUT2D eigenvalue weighted by atomic mass is 35.5. The van der Waals surface area contributed by atoms with E-state index >= 15 is 0 Å². The smallest absolute Gasteiger partial charge is 0.242 e. The molecule has 0 atom stereocenters. The minimum absolute atomic E-state index is 0.00101. The maximum atomic E-state index is 12.4. The van der Waals surface area contributed by atoms with Crippen LogP contribution in [0.5, 0.6) is 0 Å². The Morgan fingerprint density at radius 3 is 2.40 bits per heavy atom. The summed E-state index contributed by atoms with van der Waals surface area (Å²) in [4.78, 5) is 0.0755. The lowest BCUT2D eigenvalue weighted by Gasteiger charge is -2.17. The van der Waals surface area contributed by atoms with Crippen LogP contribution < -0.4 is 10.5 Å². The maximum absolute atomic E-state index is 12.4. The Kier molecular flexibility index (Phi) is 4.94. The molecular weight excluding hydrogens is 296 g/mol. The van der Waals surface area contributed by atoms with Gasteiger partial charge in [-0.2, -0.15) is 0 Å². The predicted molar refractivity (Wildman–Crippen MR) is 82.4 cm³/mol. The quantitative estimate of drug-likeness (QED) is 0.664. The molecule has 0 aromatic heterocycles. The summed E-state index contributed by atoms with van der Waals surface area (Å²) in [7, 11) is -3.61. The number of benzene rings is 1. The van der Waals surface area contributed by atoms with Crippen molar-refractivity contribution < 1.29 is 8.42 Å². The molecule has 1 fully saturated rings. The molecule has 1 aliphatic rings. The van der Waals surface area contributed by atoms with Crippen molar-refractivity contribution in [1.29, 1.82) is 0 Å². The molecule has 4 nitrogen and oxygen atoms in total. The summed E-state index contributed by atoms with van der Waals surface area (Å²) in [6.45, 7) is 1.80. The summed E-state index contributed by atoms with van der Waals surface area (Å²) < 4.78 is 27.7. The van der Waals surface area contributed by atoms with Gasteiger partial charge < -0.3 is 5.73 Å². The summed E-state index contributed by atoms with van der Waals surface area (Å²) in [6, 6.07) is 3.04. The summed E-state index contributed by atoms with van der Waals surface area (Å²) in [6.07, 6.45) is 6.26. The first-order valence-electron chi connectivity index (χ1n) is 6.98. The Bertz CT molecular complexity index is 579. The largest absolute Gasteiger partial charge is 0.398 e. The van der Waals surface area contributed by atoms with E-state index in [4.69, 9.17) is 17.3 Å². The molecule has 3 N–H and O–H groups in total. The third-order valence-electron chi connectivity index (χ3n) is 3.79. The Hall–Kier alpha value is -0.780. The summed E-state index contributed by atoms with van der Waals surface area (Å²) >= 11 is 6.06. The van der Waals surface area contributed by atoms with Gasteiger partial charge in [0.15, 0.2) is 0 Å². The molecule has 1 aromatic carbocycles. The molecule has 112 valence electrons. The van der Waals surface area contributed by atoms with Gasteiger partial charge in [0.25, 0.3) is 0 Å². The van der Waals surface area contributed by atoms with Gasteiger partial charge in [0, 0.05) is 11.7 Å². The van der Waals surface area contributed by atoms with Crippen LogP contribution in [0.1, 0.15) is 44.1 Å². The molecule has 0 spiro atoms. The topological polar surface area (TPSA) is 72.2 Å². The molecule has 0 aliphatic heterocycles. The third kappa shape index (κ3) is 3.65. The lowest BCUT2D eigenvalue weighted by molar-refractivity contribution is 0.510. The molecular formula is C14H21ClN2O2S. The summed E-state index contributed by atoms with van der Waals surface area (Å²) in [5.41, 5.74) is 7.01. The normalized spacial score (nSPS) is 17.9. The maximum Gasteiger partial charge on any atom is 0.242 e. The fourth-order valence-corrected chi connectivity index (χ4v) is 4.48. The average Bonchev–Trinajstić information content (AvgIpc) is 2.61. The molecule has 1 saturated carbocycles. The molecule has 0 bridgehead atoms. The van der Waals surface area contributed by atoms with E-state index < -0.39 is 10.0 Å². The molecule has 6 heteroatoms. The van der Waals surface area contributed by atoms with Gasteiger partial charge in [-0.1, -0.05) is 37.3 Å². The number of aryl methyl sites for hydroxylation is 1. The van der Waals surface area contributed by atoms with Crippen molar-refractivity contribution in [1.82, 2.24) is 4.72 Å². The van der Waals surface area contributed by atoms with Crippen LogP contribution in [-0.2, 0) is 10.0 Å². The lowest BCUT2D eigenvalue weighted by atomic mass is 10.1. The average molecular weight is 317 g/mol. The van der Waals surface area contributed by atoms with E-state index in [2.05, 4.69) is 4.72 Å². The number of hydrogen-bond acceptors (Lipinski definition) is 3. The van der Waals surface area contributed by atoms with Crippen LogP contribution in [0.3, 0.4) is 0 Å². The highest BCUT2D eigenvalue weighted by molar-refractivity contribution is 7.89. The zero-order valence-corrected chi connectivity index (χ0v) is 13.2. The summed E-state index contributed by atoms with van der Waals surface area (Å²) in [5, 5.41) is 0.220. The molecule has 1 aromatic rings. The monoisotopic (exact) mass is 316 g/mol. The van der Waals surface area contributed by atoms with Crippen molar-refractivity contribution in [2.45, 2.75) is 56.4 Å². The van der Waals surface area contributed by atoms with Crippen LogP contribution >= 0.6 is 11.6 Å². The molecule has 0 saturated heterocycles. The van der Waals surface area contributed by atoms with Crippen LogP contribution in [0.25, 0.3) is 0 Å². The molecule has 0 amide bonds. The van der Waals surface area contributed by atoms with Crippen molar-refractivity contribution in [3.05, 3.63) is 22.7 Å². The van der Waals surface area contributed by atoms with E-state index in [0.717, 1.165) is 31.2 Å². The molecule has 0 radical (unpaired) electrons. The molecule has 20 heavy (non-hydrogen) atoms. The van der Waals surface area contributed by atoms with Crippen LogP contribution in [0, 0.1) is 6.92 Å². The second-order valence-corrected chi connectivity index (χ2v) is 7.54. The van der Waals surface area contributed by atoms with Crippen molar-refractivity contribution in [3.63, 3.8) is 0 Å². The Morgan fingerprint density at radius 2 is 1.80 bits per heavy atom. The number of anilines is 1. The lowest BCUT2D eigenvalue weighted by Crippen LogP contribution is -2.34. The van der Waals surface area contributed by atoms with Gasteiger partial charge in [-0.25, -0.2) is 13.1 Å². The highest BCUT2D eigenvalue weighted by Gasteiger charge is 2.23. The van der Waals surface area contributed by atoms with Gasteiger partial charge in [-0.15, -0.1) is 0 Å². The fourth-order valence-electron chi connectivity index (χ4n) is 2.55. The number of rotatable bonds is 3. The van der Waals surface area contributed by atoms with E-state index in [1.807, 2.05) is 0 Å². The first-order valence-corrected chi connectivity index (χ1v) is 8.84. The second kappa shape index (κ2) is 6.33. The zero-order chi connectivity index (χ0) is 14.8. The molecule has 2 rings (SSSR count). The van der Waals surface area contributed by atoms with Gasteiger partial charge in [-0.05, 0) is 37.5 Å². The standard InChI is InChI=1S/C14H21ClN2O2S/c1-10-8-12(15)14(9-13(10)16)20(18,19)17-11-6-4-2-3-5-7-11/h8-9,11,17H,2-7,16H2,1H3. The van der Waals surface area contributed by atoms with Crippen LogP contribution in [0.15, 0.2) is 17.0 Å². The van der Waals surface area contributed by atoms with Gasteiger partial charge in [0.2, 0.25) is 10.0 Å². The van der Waals surface area contributed by atoms with Crippen molar-refractivity contribution >= 4 is 27.3 Å². The molecule has 0 heterocycles. The molecule has 1 aliphatic carbocycles. The van der Waals surface area contributed by atoms with E-state index in [0.29, 0.717) is 5.69 Å². The van der Waals surface area contributed by atoms with Crippen LogP contribution in [0.4, 0.5) is 5.69 Å². The number of sulfonamides is 1. The summed E-state index contributed by atoms with van der Waals surface area (Å²) in [5.74, 6) is 0. The second-order valence-electron chi connectivity index (χ2n) is 5.45. The highest BCUT2D eigenvalue weighted by Crippen LogP contribution is 2.28. The van der Waals surface area contributed by atoms with Crippen LogP contribution in [0.2, 0.25) is 5.02 Å². The van der Waals surface area contributed by atoms with Gasteiger partial charge in [0.1, 0.15) is 4.90 Å². The number of nitrogens with two attached hydrogens (primary N) is 1. The first kappa shape index (κ1) is 15.6. The predicted octanol–water partition coefficient (Wildman–Crippen LogP) is 3.23. The minimum atomic E-state index is -3.61. The van der Waals surface area contributed by atoms with Crippen molar-refractivity contribution in [2.24, 2.45) is 0 Å². The van der Waals surface area contributed by atoms with Gasteiger partial charge in [0.05, 0.1) is 5.02 Å². The Morgan fingerprint density at radius 1 is 1.20 bits per heavy atom. The van der Waals surface area contributed by atoms with E-state index in [1.165, 1.54) is 18.9 Å².